The van der Waals surface area contributed by atoms with Crippen molar-refractivity contribution in [2.45, 2.75) is 11.2 Å². The van der Waals surface area contributed by atoms with Crippen LogP contribution in [0.15, 0.2) is 12.1 Å². The van der Waals surface area contributed by atoms with Gasteiger partial charge in [0.05, 0.1) is 10.7 Å². The van der Waals surface area contributed by atoms with Crippen LogP contribution in [0.5, 0.6) is 0 Å². The molecule has 0 radical (unpaired) electrons. The molecule has 1 atom stereocenters. The van der Waals surface area contributed by atoms with Gasteiger partial charge >= 0.3 is 0 Å². The summed E-state index contributed by atoms with van der Waals surface area (Å²) in [7, 11) is 0. The van der Waals surface area contributed by atoms with Crippen LogP contribution in [0, 0.1) is 11.6 Å². The fourth-order valence-electron chi connectivity index (χ4n) is 1.67. The van der Waals surface area contributed by atoms with Crippen molar-refractivity contribution >= 4 is 39.1 Å². The normalized spacial score (nSPS) is 20.6. The number of amides is 1. The van der Waals surface area contributed by atoms with Gasteiger partial charge in [-0.1, -0.05) is 27.5 Å². The summed E-state index contributed by atoms with van der Waals surface area (Å²) in [6.07, 6.45) is 0.285. The average Bonchev–Trinajstić information content (AvgIpc) is 2.43. The lowest BCUT2D eigenvalue weighted by molar-refractivity contribution is -0.117. The van der Waals surface area contributed by atoms with Crippen LogP contribution in [0.3, 0.4) is 0 Å². The van der Waals surface area contributed by atoms with E-state index in [1.54, 1.807) is 0 Å². The number of benzene rings is 1. The second kappa shape index (κ2) is 4.30. The van der Waals surface area contributed by atoms with Crippen molar-refractivity contribution < 1.29 is 13.6 Å². The minimum Gasteiger partial charge on any atom is -0.307 e. The van der Waals surface area contributed by atoms with Crippen LogP contribution in [0.1, 0.15) is 6.42 Å². The summed E-state index contributed by atoms with van der Waals surface area (Å²) in [6.45, 7) is 0.334. The molecule has 1 aliphatic rings. The van der Waals surface area contributed by atoms with E-state index in [0.717, 1.165) is 12.1 Å². The number of carbonyl (C=O) groups is 1. The van der Waals surface area contributed by atoms with E-state index in [2.05, 4.69) is 15.9 Å². The predicted octanol–water partition coefficient (Wildman–Crippen LogP) is 3.12. The quantitative estimate of drug-likeness (QED) is 0.730. The van der Waals surface area contributed by atoms with Gasteiger partial charge in [0.2, 0.25) is 5.91 Å². The van der Waals surface area contributed by atoms with Gasteiger partial charge in [-0.05, 0) is 6.07 Å². The molecule has 1 heterocycles. The molecule has 0 aromatic heterocycles. The van der Waals surface area contributed by atoms with Gasteiger partial charge < -0.3 is 4.90 Å². The van der Waals surface area contributed by atoms with E-state index < -0.39 is 11.6 Å². The molecule has 1 fully saturated rings. The molecule has 0 saturated carbocycles. The first-order chi connectivity index (χ1) is 7.49. The maximum absolute atomic E-state index is 13.5. The summed E-state index contributed by atoms with van der Waals surface area (Å²) in [5, 5.41) is -0.0903. The van der Waals surface area contributed by atoms with E-state index in [1.165, 1.54) is 4.90 Å². The zero-order valence-corrected chi connectivity index (χ0v) is 10.4. The van der Waals surface area contributed by atoms with E-state index >= 15 is 0 Å². The summed E-state index contributed by atoms with van der Waals surface area (Å²) in [4.78, 5) is 12.8. The third kappa shape index (κ3) is 2.06. The molecule has 86 valence electrons. The van der Waals surface area contributed by atoms with Crippen molar-refractivity contribution in [1.82, 2.24) is 0 Å². The zero-order valence-electron chi connectivity index (χ0n) is 8.01. The van der Waals surface area contributed by atoms with Crippen molar-refractivity contribution in [3.8, 4) is 0 Å². The van der Waals surface area contributed by atoms with Gasteiger partial charge in [-0.2, -0.15) is 0 Å². The smallest absolute Gasteiger partial charge is 0.228 e. The Bertz CT molecular complexity index is 431. The van der Waals surface area contributed by atoms with E-state index in [-0.39, 0.29) is 27.9 Å². The monoisotopic (exact) mass is 309 g/mol. The van der Waals surface area contributed by atoms with Gasteiger partial charge in [-0.25, -0.2) is 8.78 Å². The number of anilines is 1. The Hall–Kier alpha value is -0.680. The average molecular weight is 311 g/mol. The molecule has 1 unspecified atom stereocenters. The molecule has 1 aromatic carbocycles. The van der Waals surface area contributed by atoms with Crippen LogP contribution in [0.25, 0.3) is 0 Å². The van der Waals surface area contributed by atoms with Crippen LogP contribution in [-0.2, 0) is 4.79 Å². The maximum Gasteiger partial charge on any atom is 0.228 e. The maximum atomic E-state index is 13.5. The summed E-state index contributed by atoms with van der Waals surface area (Å²) < 4.78 is 26.4. The minimum absolute atomic E-state index is 0.0273. The molecule has 16 heavy (non-hydrogen) atoms. The highest BCUT2D eigenvalue weighted by molar-refractivity contribution is 9.09. The van der Waals surface area contributed by atoms with Crippen molar-refractivity contribution in [3.05, 3.63) is 28.8 Å². The number of rotatable bonds is 1. The first-order valence-electron chi connectivity index (χ1n) is 4.58. The molecule has 1 aliphatic heterocycles. The molecule has 6 heteroatoms. The summed E-state index contributed by atoms with van der Waals surface area (Å²) in [5.74, 6) is -1.80. The third-order valence-electron chi connectivity index (χ3n) is 2.33. The summed E-state index contributed by atoms with van der Waals surface area (Å²) >= 11 is 9.02. The van der Waals surface area contributed by atoms with Gasteiger partial charge in [0.15, 0.2) is 5.82 Å². The number of alkyl halides is 1. The summed E-state index contributed by atoms with van der Waals surface area (Å²) in [5.41, 5.74) is -0.0463. The Morgan fingerprint density at radius 2 is 2.12 bits per heavy atom. The van der Waals surface area contributed by atoms with E-state index in [1.807, 2.05) is 0 Å². The molecule has 0 N–H and O–H groups in total. The molecule has 2 nitrogen and oxygen atoms in total. The van der Waals surface area contributed by atoms with Crippen molar-refractivity contribution in [2.75, 3.05) is 11.4 Å². The van der Waals surface area contributed by atoms with Crippen molar-refractivity contribution in [3.63, 3.8) is 0 Å². The minimum atomic E-state index is -0.819. The molecule has 0 bridgehead atoms. The Morgan fingerprint density at radius 3 is 2.62 bits per heavy atom. The van der Waals surface area contributed by atoms with Crippen LogP contribution in [-0.4, -0.2) is 17.3 Å². The number of halogens is 4. The van der Waals surface area contributed by atoms with Gasteiger partial charge in [0.25, 0.3) is 0 Å². The van der Waals surface area contributed by atoms with Crippen molar-refractivity contribution in [2.24, 2.45) is 0 Å². The van der Waals surface area contributed by atoms with Gasteiger partial charge in [0, 0.05) is 23.9 Å². The van der Waals surface area contributed by atoms with Gasteiger partial charge in [0.1, 0.15) is 5.82 Å². The zero-order chi connectivity index (χ0) is 11.9. The standard InChI is InChI=1S/C10H7BrClF2NO/c11-5-1-9(16)15(4-5)10-7(12)2-6(13)3-8(10)14/h2-3,5H,1,4H2. The third-order valence-corrected chi connectivity index (χ3v) is 3.23. The summed E-state index contributed by atoms with van der Waals surface area (Å²) in [6, 6.07) is 1.71. The molecular weight excluding hydrogens is 303 g/mol. The van der Waals surface area contributed by atoms with E-state index in [4.69, 9.17) is 11.6 Å². The van der Waals surface area contributed by atoms with Crippen molar-refractivity contribution in [1.29, 1.82) is 0 Å². The fourth-order valence-corrected chi connectivity index (χ4v) is 2.54. The van der Waals surface area contributed by atoms with E-state index in [0.29, 0.717) is 6.54 Å². The van der Waals surface area contributed by atoms with Gasteiger partial charge in [-0.15, -0.1) is 0 Å². The first kappa shape index (κ1) is 11.8. The number of hydrogen-bond acceptors (Lipinski definition) is 1. The molecule has 0 spiro atoms. The molecular formula is C10H7BrClF2NO. The Balaban J connectivity index is 2.44. The second-order valence-electron chi connectivity index (χ2n) is 3.52. The lowest BCUT2D eigenvalue weighted by Crippen LogP contribution is -2.26. The number of carbonyl (C=O) groups excluding carboxylic acids is 1. The Morgan fingerprint density at radius 1 is 1.44 bits per heavy atom. The lowest BCUT2D eigenvalue weighted by atomic mass is 10.2. The SMILES string of the molecule is O=C1CC(Br)CN1c1c(F)cc(F)cc1Cl. The van der Waals surface area contributed by atoms with Crippen LogP contribution in [0.4, 0.5) is 14.5 Å². The molecule has 1 amide bonds. The number of nitrogens with zero attached hydrogens (tertiary/aromatic N) is 1. The van der Waals surface area contributed by atoms with Crippen LogP contribution >= 0.6 is 27.5 Å². The highest BCUT2D eigenvalue weighted by Gasteiger charge is 2.32. The second-order valence-corrected chi connectivity index (χ2v) is 5.23. The highest BCUT2D eigenvalue weighted by atomic mass is 79.9. The lowest BCUT2D eigenvalue weighted by Gasteiger charge is -2.18. The van der Waals surface area contributed by atoms with Gasteiger partial charge in [-0.3, -0.25) is 4.79 Å². The van der Waals surface area contributed by atoms with Crippen LogP contribution in [0.2, 0.25) is 5.02 Å². The molecule has 2 rings (SSSR count). The first-order valence-corrected chi connectivity index (χ1v) is 5.87. The molecule has 1 aromatic rings. The fraction of sp³-hybridized carbons (Fsp3) is 0.300. The number of hydrogen-bond donors (Lipinski definition) is 0. The topological polar surface area (TPSA) is 20.3 Å². The predicted molar refractivity (Wildman–Crippen MR) is 61.1 cm³/mol. The van der Waals surface area contributed by atoms with E-state index in [9.17, 15) is 13.6 Å². The largest absolute Gasteiger partial charge is 0.307 e. The highest BCUT2D eigenvalue weighted by Crippen LogP contribution is 2.34. The Kier molecular flexibility index (Phi) is 3.17. The van der Waals surface area contributed by atoms with Crippen LogP contribution < -0.4 is 4.90 Å². The molecule has 1 saturated heterocycles. The Labute approximate surface area is 104 Å². The molecule has 0 aliphatic carbocycles.